The molecule has 11 heteroatoms. The van der Waals surface area contributed by atoms with Crippen LogP contribution in [0.25, 0.3) is 5.52 Å². The first kappa shape index (κ1) is 19.8. The van der Waals surface area contributed by atoms with Gasteiger partial charge in [-0.15, -0.1) is 0 Å². The van der Waals surface area contributed by atoms with Gasteiger partial charge in [-0.05, 0) is 32.9 Å². The zero-order valence-electron chi connectivity index (χ0n) is 15.6. The lowest BCUT2D eigenvalue weighted by Crippen LogP contribution is -2.46. The standard InChI is InChI=1S/C17H21N5O6/c1-16(2,3)28-15(25)26-7-17(6-18)13(24)11(23)12(27-17)9-4-5-10-14(19)20-8-21-22(9)10/h4-5,8,11-13,23-24H,7H2,1-3H3,(H2,19,20,21)/t11-,12-,13-,17+/m0/s1. The maximum atomic E-state index is 11.8. The van der Waals surface area contributed by atoms with Crippen molar-refractivity contribution in [3.05, 3.63) is 24.2 Å². The molecule has 28 heavy (non-hydrogen) atoms. The van der Waals surface area contributed by atoms with E-state index in [1.807, 2.05) is 0 Å². The first-order valence-corrected chi connectivity index (χ1v) is 8.47. The zero-order valence-corrected chi connectivity index (χ0v) is 15.6. The fraction of sp³-hybridized carbons (Fsp3) is 0.529. The summed E-state index contributed by atoms with van der Waals surface area (Å²) in [5.74, 6) is 0.217. The predicted octanol–water partition coefficient (Wildman–Crippen LogP) is 0.319. The largest absolute Gasteiger partial charge is 0.508 e. The third-order valence-corrected chi connectivity index (χ3v) is 4.23. The van der Waals surface area contributed by atoms with Crippen LogP contribution < -0.4 is 5.73 Å². The van der Waals surface area contributed by atoms with E-state index in [1.165, 1.54) is 10.8 Å². The number of nitriles is 1. The van der Waals surface area contributed by atoms with Gasteiger partial charge in [-0.1, -0.05) is 0 Å². The Morgan fingerprint density at radius 2 is 2.18 bits per heavy atom. The smallest absolute Gasteiger partial charge is 0.430 e. The minimum Gasteiger partial charge on any atom is -0.430 e. The molecule has 1 aliphatic rings. The van der Waals surface area contributed by atoms with Crippen molar-refractivity contribution < 1.29 is 29.2 Å². The number of rotatable bonds is 3. The predicted molar refractivity (Wildman–Crippen MR) is 93.8 cm³/mol. The summed E-state index contributed by atoms with van der Waals surface area (Å²) in [6.07, 6.45) is -4.03. The van der Waals surface area contributed by atoms with Crippen molar-refractivity contribution in [2.45, 2.75) is 50.3 Å². The Morgan fingerprint density at radius 3 is 2.82 bits per heavy atom. The molecule has 150 valence electrons. The van der Waals surface area contributed by atoms with E-state index in [4.69, 9.17) is 19.9 Å². The zero-order chi connectivity index (χ0) is 20.7. The molecule has 3 heterocycles. The minimum atomic E-state index is -1.98. The fourth-order valence-corrected chi connectivity index (χ4v) is 2.92. The summed E-state index contributed by atoms with van der Waals surface area (Å²) in [4.78, 5) is 15.7. The average molecular weight is 391 g/mol. The second-order valence-corrected chi connectivity index (χ2v) is 7.43. The van der Waals surface area contributed by atoms with Crippen molar-refractivity contribution in [3.8, 4) is 6.07 Å². The van der Waals surface area contributed by atoms with Crippen molar-refractivity contribution in [2.75, 3.05) is 12.3 Å². The molecular formula is C17H21N5O6. The molecule has 4 N–H and O–H groups in total. The van der Waals surface area contributed by atoms with Crippen LogP contribution in [0, 0.1) is 11.3 Å². The van der Waals surface area contributed by atoms with Crippen LogP contribution in [0.3, 0.4) is 0 Å². The molecular weight excluding hydrogens is 370 g/mol. The number of hydrogen-bond donors (Lipinski definition) is 3. The maximum Gasteiger partial charge on any atom is 0.508 e. The fourth-order valence-electron chi connectivity index (χ4n) is 2.92. The number of nitrogens with zero attached hydrogens (tertiary/aromatic N) is 4. The van der Waals surface area contributed by atoms with E-state index in [1.54, 1.807) is 39.0 Å². The van der Waals surface area contributed by atoms with Crippen molar-refractivity contribution in [1.29, 1.82) is 5.26 Å². The van der Waals surface area contributed by atoms with Crippen molar-refractivity contribution in [1.82, 2.24) is 14.6 Å². The van der Waals surface area contributed by atoms with Crippen LogP contribution in [0.15, 0.2) is 18.5 Å². The second-order valence-electron chi connectivity index (χ2n) is 7.43. The third-order valence-electron chi connectivity index (χ3n) is 4.23. The van der Waals surface area contributed by atoms with Gasteiger partial charge in [0, 0.05) is 0 Å². The van der Waals surface area contributed by atoms with E-state index in [2.05, 4.69) is 10.1 Å². The number of hydrogen-bond acceptors (Lipinski definition) is 10. The van der Waals surface area contributed by atoms with E-state index >= 15 is 0 Å². The minimum absolute atomic E-state index is 0.217. The van der Waals surface area contributed by atoms with E-state index in [0.29, 0.717) is 11.2 Å². The number of ether oxygens (including phenoxy) is 3. The monoisotopic (exact) mass is 391 g/mol. The highest BCUT2D eigenvalue weighted by atomic mass is 16.7. The van der Waals surface area contributed by atoms with Gasteiger partial charge in [0.2, 0.25) is 5.60 Å². The highest BCUT2D eigenvalue weighted by Gasteiger charge is 2.57. The summed E-state index contributed by atoms with van der Waals surface area (Å²) in [6, 6.07) is 5.00. The number of nitrogens with two attached hydrogens (primary N) is 1. The van der Waals surface area contributed by atoms with Crippen LogP contribution >= 0.6 is 0 Å². The lowest BCUT2D eigenvalue weighted by molar-refractivity contribution is -0.0932. The Balaban J connectivity index is 1.84. The molecule has 0 bridgehead atoms. The highest BCUT2D eigenvalue weighted by Crippen LogP contribution is 2.40. The van der Waals surface area contributed by atoms with Gasteiger partial charge < -0.3 is 30.2 Å². The van der Waals surface area contributed by atoms with Gasteiger partial charge in [0.1, 0.15) is 48.4 Å². The molecule has 0 saturated carbocycles. The molecule has 0 radical (unpaired) electrons. The molecule has 2 aromatic rings. The molecule has 0 unspecified atom stereocenters. The molecule has 1 saturated heterocycles. The molecule has 0 spiro atoms. The molecule has 11 nitrogen and oxygen atoms in total. The van der Waals surface area contributed by atoms with E-state index in [-0.39, 0.29) is 5.82 Å². The second kappa shape index (κ2) is 6.90. The van der Waals surface area contributed by atoms with Crippen LogP contribution in [0.1, 0.15) is 32.6 Å². The molecule has 1 fully saturated rings. The number of aromatic nitrogens is 3. The first-order chi connectivity index (χ1) is 13.1. The van der Waals surface area contributed by atoms with E-state index < -0.39 is 42.3 Å². The molecule has 0 amide bonds. The van der Waals surface area contributed by atoms with Gasteiger partial charge in [-0.2, -0.15) is 10.4 Å². The molecule has 3 rings (SSSR count). The lowest BCUT2D eigenvalue weighted by atomic mass is 9.96. The van der Waals surface area contributed by atoms with Gasteiger partial charge >= 0.3 is 6.16 Å². The van der Waals surface area contributed by atoms with Crippen LogP contribution in [0.4, 0.5) is 10.6 Å². The SMILES string of the molecule is CC(C)(C)OC(=O)OC[C@@]1(C#N)O[C@@H](c2ccc3c(N)ncnn23)[C@H](O)[C@@H]1O. The van der Waals surface area contributed by atoms with Crippen molar-refractivity contribution in [3.63, 3.8) is 0 Å². The van der Waals surface area contributed by atoms with Gasteiger partial charge in [-0.3, -0.25) is 0 Å². The summed E-state index contributed by atoms with van der Waals surface area (Å²) < 4.78 is 17.0. The number of aliphatic hydroxyl groups is 2. The summed E-state index contributed by atoms with van der Waals surface area (Å²) in [5.41, 5.74) is 3.84. The summed E-state index contributed by atoms with van der Waals surface area (Å²) in [5, 5.41) is 34.6. The van der Waals surface area contributed by atoms with Gasteiger partial charge in [0.05, 0.1) is 5.69 Å². The van der Waals surface area contributed by atoms with E-state index in [9.17, 15) is 20.3 Å². The number of fused-ring (bicyclic) bond motifs is 1. The number of carbonyl (C=O) groups excluding carboxylic acids is 1. The van der Waals surface area contributed by atoms with Gasteiger partial charge in [0.25, 0.3) is 0 Å². The molecule has 2 aromatic heterocycles. The Hall–Kier alpha value is -2.94. The molecule has 0 aromatic carbocycles. The number of aliphatic hydroxyl groups excluding tert-OH is 2. The van der Waals surface area contributed by atoms with Crippen LogP contribution in [0.5, 0.6) is 0 Å². The quantitative estimate of drug-likeness (QED) is 0.620. The number of carbonyl (C=O) groups is 1. The Kier molecular flexibility index (Phi) is 4.88. The van der Waals surface area contributed by atoms with Gasteiger partial charge in [-0.25, -0.2) is 14.3 Å². The normalized spacial score (nSPS) is 27.5. The average Bonchev–Trinajstić information content (AvgIpc) is 3.14. The van der Waals surface area contributed by atoms with Crippen molar-refractivity contribution in [2.24, 2.45) is 0 Å². The van der Waals surface area contributed by atoms with Crippen molar-refractivity contribution >= 4 is 17.5 Å². The first-order valence-electron chi connectivity index (χ1n) is 8.47. The lowest BCUT2D eigenvalue weighted by Gasteiger charge is -2.25. The highest BCUT2D eigenvalue weighted by molar-refractivity contribution is 5.65. The van der Waals surface area contributed by atoms with Gasteiger partial charge in [0.15, 0.2) is 5.82 Å². The van der Waals surface area contributed by atoms with Crippen LogP contribution in [0.2, 0.25) is 0 Å². The molecule has 4 atom stereocenters. The molecule has 0 aliphatic carbocycles. The third kappa shape index (κ3) is 3.45. The summed E-state index contributed by atoms with van der Waals surface area (Å²) >= 11 is 0. The van der Waals surface area contributed by atoms with Crippen LogP contribution in [-0.2, 0) is 14.2 Å². The summed E-state index contributed by atoms with van der Waals surface area (Å²) in [7, 11) is 0. The molecule has 1 aliphatic heterocycles. The Morgan fingerprint density at radius 1 is 1.46 bits per heavy atom. The van der Waals surface area contributed by atoms with E-state index in [0.717, 1.165) is 0 Å². The topological polar surface area (TPSA) is 165 Å². The number of anilines is 1. The summed E-state index contributed by atoms with van der Waals surface area (Å²) in [6.45, 7) is 4.33. The Bertz CT molecular complexity index is 932. The van der Waals surface area contributed by atoms with Crippen LogP contribution in [-0.4, -0.2) is 61.0 Å². The number of nitrogen functional groups attached to an aromatic ring is 1. The Labute approximate surface area is 160 Å². The maximum absolute atomic E-state index is 11.8.